The van der Waals surface area contributed by atoms with Gasteiger partial charge in [-0.1, -0.05) is 74.2 Å². The SMILES string of the molecule is C=C(N)c1cc(C)cc(OCc2ccccc2)c1.CCc1ccccc1. The molecule has 0 radical (unpaired) electrons. The first kappa shape index (κ1) is 19.3. The van der Waals surface area contributed by atoms with E-state index in [1.807, 2.05) is 61.5 Å². The molecule has 3 aromatic carbocycles. The van der Waals surface area contributed by atoms with Gasteiger partial charge in [-0.2, -0.15) is 0 Å². The summed E-state index contributed by atoms with van der Waals surface area (Å²) in [6.07, 6.45) is 1.14. The maximum atomic E-state index is 5.77. The van der Waals surface area contributed by atoms with E-state index in [2.05, 4.69) is 37.8 Å². The summed E-state index contributed by atoms with van der Waals surface area (Å²) in [6, 6.07) is 26.4. The average molecular weight is 345 g/mol. The zero-order valence-corrected chi connectivity index (χ0v) is 15.6. The number of rotatable bonds is 5. The van der Waals surface area contributed by atoms with Gasteiger partial charge < -0.3 is 10.5 Å². The van der Waals surface area contributed by atoms with Crippen molar-refractivity contribution in [3.05, 3.63) is 108 Å². The normalized spacial score (nSPS) is 9.77. The first-order valence-electron chi connectivity index (χ1n) is 8.85. The van der Waals surface area contributed by atoms with E-state index >= 15 is 0 Å². The molecule has 0 spiro atoms. The van der Waals surface area contributed by atoms with E-state index in [0.29, 0.717) is 12.3 Å². The van der Waals surface area contributed by atoms with Crippen molar-refractivity contribution in [1.29, 1.82) is 0 Å². The number of hydrogen-bond acceptors (Lipinski definition) is 2. The quantitative estimate of drug-likeness (QED) is 0.639. The van der Waals surface area contributed by atoms with E-state index in [9.17, 15) is 0 Å². The summed E-state index contributed by atoms with van der Waals surface area (Å²) in [6.45, 7) is 8.48. The predicted octanol–water partition coefficient (Wildman–Crippen LogP) is 5.75. The smallest absolute Gasteiger partial charge is 0.120 e. The summed E-state index contributed by atoms with van der Waals surface area (Å²) in [5.41, 5.74) is 10.9. The fourth-order valence-electron chi connectivity index (χ4n) is 2.47. The van der Waals surface area contributed by atoms with Crippen molar-refractivity contribution in [3.8, 4) is 5.75 Å². The molecule has 0 atom stereocenters. The lowest BCUT2D eigenvalue weighted by Gasteiger charge is -2.09. The third-order valence-corrected chi connectivity index (χ3v) is 3.92. The van der Waals surface area contributed by atoms with Crippen LogP contribution in [0, 0.1) is 6.92 Å². The van der Waals surface area contributed by atoms with Crippen molar-refractivity contribution < 1.29 is 4.74 Å². The van der Waals surface area contributed by atoms with E-state index < -0.39 is 0 Å². The van der Waals surface area contributed by atoms with Crippen molar-refractivity contribution >= 4 is 5.70 Å². The Morgan fingerprint density at radius 1 is 0.885 bits per heavy atom. The van der Waals surface area contributed by atoms with Crippen molar-refractivity contribution in [2.45, 2.75) is 26.9 Å². The summed E-state index contributed by atoms with van der Waals surface area (Å²) in [7, 11) is 0. The van der Waals surface area contributed by atoms with Crippen LogP contribution in [-0.2, 0) is 13.0 Å². The molecular weight excluding hydrogens is 318 g/mol. The van der Waals surface area contributed by atoms with E-state index in [1.165, 1.54) is 5.56 Å². The number of aryl methyl sites for hydroxylation is 2. The molecule has 0 fully saturated rings. The molecule has 26 heavy (non-hydrogen) atoms. The van der Waals surface area contributed by atoms with Gasteiger partial charge in [0.25, 0.3) is 0 Å². The monoisotopic (exact) mass is 345 g/mol. The third kappa shape index (κ3) is 6.48. The molecule has 0 aliphatic heterocycles. The van der Waals surface area contributed by atoms with Gasteiger partial charge >= 0.3 is 0 Å². The number of benzene rings is 3. The fraction of sp³-hybridized carbons (Fsp3) is 0.167. The molecule has 0 saturated heterocycles. The second kappa shape index (κ2) is 10.1. The van der Waals surface area contributed by atoms with Crippen LogP contribution >= 0.6 is 0 Å². The molecule has 0 unspecified atom stereocenters. The lowest BCUT2D eigenvalue weighted by atomic mass is 10.1. The molecule has 0 heterocycles. The first-order valence-corrected chi connectivity index (χ1v) is 8.85. The molecule has 2 N–H and O–H groups in total. The molecule has 2 heteroatoms. The number of nitrogens with two attached hydrogens (primary N) is 1. The highest BCUT2D eigenvalue weighted by Gasteiger charge is 2.01. The van der Waals surface area contributed by atoms with Gasteiger partial charge in [-0.25, -0.2) is 0 Å². The topological polar surface area (TPSA) is 35.2 Å². The summed E-state index contributed by atoms with van der Waals surface area (Å²) >= 11 is 0. The van der Waals surface area contributed by atoms with Crippen molar-refractivity contribution in [3.63, 3.8) is 0 Å². The van der Waals surface area contributed by atoms with Crippen LogP contribution in [0.25, 0.3) is 5.70 Å². The molecule has 2 nitrogen and oxygen atoms in total. The highest BCUT2D eigenvalue weighted by molar-refractivity contribution is 5.62. The Bertz CT molecular complexity index is 810. The van der Waals surface area contributed by atoms with Gasteiger partial charge in [-0.15, -0.1) is 0 Å². The summed E-state index contributed by atoms with van der Waals surface area (Å²) in [5.74, 6) is 0.820. The molecule has 0 aromatic heterocycles. The number of ether oxygens (including phenoxy) is 1. The van der Waals surface area contributed by atoms with Crippen LogP contribution < -0.4 is 10.5 Å². The molecular formula is C24H27NO. The summed E-state index contributed by atoms with van der Waals surface area (Å²) in [4.78, 5) is 0. The standard InChI is InChI=1S/C16H17NO.C8H10/c1-12-8-15(13(2)17)10-16(9-12)18-11-14-6-4-3-5-7-14;1-2-8-6-4-3-5-7-8/h3-10H,2,11,17H2,1H3;3-7H,2H2,1H3. The van der Waals surface area contributed by atoms with E-state index in [-0.39, 0.29) is 0 Å². The highest BCUT2D eigenvalue weighted by Crippen LogP contribution is 2.20. The molecule has 0 saturated carbocycles. The zero-order valence-electron chi connectivity index (χ0n) is 15.6. The van der Waals surface area contributed by atoms with Crippen LogP contribution in [0.4, 0.5) is 0 Å². The average Bonchev–Trinajstić information content (AvgIpc) is 2.68. The minimum atomic E-state index is 0.556. The molecule has 3 aromatic rings. The summed E-state index contributed by atoms with van der Waals surface area (Å²) < 4.78 is 5.77. The first-order chi connectivity index (χ1) is 12.6. The van der Waals surface area contributed by atoms with E-state index in [1.54, 1.807) is 0 Å². The van der Waals surface area contributed by atoms with Crippen molar-refractivity contribution in [1.82, 2.24) is 0 Å². The predicted molar refractivity (Wildman–Crippen MR) is 111 cm³/mol. The van der Waals surface area contributed by atoms with Crippen molar-refractivity contribution in [2.75, 3.05) is 0 Å². The van der Waals surface area contributed by atoms with Crippen LogP contribution in [-0.4, -0.2) is 0 Å². The van der Waals surface area contributed by atoms with Crippen LogP contribution in [0.5, 0.6) is 5.75 Å². The largest absolute Gasteiger partial charge is 0.489 e. The Labute approximate surface area is 157 Å². The van der Waals surface area contributed by atoms with Gasteiger partial charge in [0.1, 0.15) is 12.4 Å². The van der Waals surface area contributed by atoms with E-state index in [4.69, 9.17) is 10.5 Å². The van der Waals surface area contributed by atoms with Crippen molar-refractivity contribution in [2.24, 2.45) is 5.73 Å². The van der Waals surface area contributed by atoms with Crippen LogP contribution in [0.3, 0.4) is 0 Å². The van der Waals surface area contributed by atoms with Crippen LogP contribution in [0.2, 0.25) is 0 Å². The Hall–Kier alpha value is -3.00. The Morgan fingerprint density at radius 3 is 1.96 bits per heavy atom. The lowest BCUT2D eigenvalue weighted by Crippen LogP contribution is -1.98. The molecule has 0 aliphatic carbocycles. The minimum Gasteiger partial charge on any atom is -0.489 e. The maximum Gasteiger partial charge on any atom is 0.120 e. The minimum absolute atomic E-state index is 0.556. The Balaban J connectivity index is 0.000000254. The lowest BCUT2D eigenvalue weighted by molar-refractivity contribution is 0.306. The molecule has 0 bridgehead atoms. The highest BCUT2D eigenvalue weighted by atomic mass is 16.5. The Morgan fingerprint density at radius 2 is 1.46 bits per heavy atom. The van der Waals surface area contributed by atoms with E-state index in [0.717, 1.165) is 28.9 Å². The van der Waals surface area contributed by atoms with Crippen LogP contribution in [0.15, 0.2) is 85.4 Å². The second-order valence-corrected chi connectivity index (χ2v) is 6.17. The number of hydrogen-bond donors (Lipinski definition) is 1. The van der Waals surface area contributed by atoms with Gasteiger partial charge in [0.15, 0.2) is 0 Å². The van der Waals surface area contributed by atoms with Gasteiger partial charge in [-0.3, -0.25) is 0 Å². The molecule has 3 rings (SSSR count). The van der Waals surface area contributed by atoms with Crippen LogP contribution in [0.1, 0.15) is 29.2 Å². The second-order valence-electron chi connectivity index (χ2n) is 6.17. The maximum absolute atomic E-state index is 5.77. The zero-order chi connectivity index (χ0) is 18.8. The molecule has 0 aliphatic rings. The third-order valence-electron chi connectivity index (χ3n) is 3.92. The fourth-order valence-corrected chi connectivity index (χ4v) is 2.47. The Kier molecular flexibility index (Phi) is 7.50. The molecule has 134 valence electrons. The van der Waals surface area contributed by atoms with Gasteiger partial charge in [0.05, 0.1) is 0 Å². The molecule has 0 amide bonds. The van der Waals surface area contributed by atoms with Gasteiger partial charge in [-0.05, 0) is 48.2 Å². The summed E-state index contributed by atoms with van der Waals surface area (Å²) in [5, 5.41) is 0. The van der Waals surface area contributed by atoms with Gasteiger partial charge in [0.2, 0.25) is 0 Å². The van der Waals surface area contributed by atoms with Gasteiger partial charge in [0, 0.05) is 11.3 Å².